The van der Waals surface area contributed by atoms with Crippen LogP contribution >= 0.6 is 34.5 Å². The number of carboxylic acids is 1. The van der Waals surface area contributed by atoms with E-state index in [0.29, 0.717) is 0 Å². The number of aliphatic hydroxyl groups is 1. The number of carbonyl (C=O) groups is 1. The van der Waals surface area contributed by atoms with E-state index in [-0.39, 0.29) is 26.5 Å². The Morgan fingerprint density at radius 2 is 2.11 bits per heavy atom. The van der Waals surface area contributed by atoms with Crippen LogP contribution in [0.1, 0.15) is 6.42 Å². The van der Waals surface area contributed by atoms with Crippen LogP contribution < -0.4 is 4.72 Å². The lowest BCUT2D eigenvalue weighted by Gasteiger charge is -2.07. The Morgan fingerprint density at radius 1 is 1.50 bits per heavy atom. The SMILES string of the molecule is O=C(O)[C@@H](O)CCNS(=O)(=O)c1cc(Cl)sc1Cl. The molecule has 0 bridgehead atoms. The Bertz CT molecular complexity index is 542. The van der Waals surface area contributed by atoms with E-state index in [1.807, 2.05) is 0 Å². The molecule has 1 rings (SSSR count). The predicted octanol–water partition coefficient (Wildman–Crippen LogP) is 1.17. The summed E-state index contributed by atoms with van der Waals surface area (Å²) < 4.78 is 25.9. The van der Waals surface area contributed by atoms with Gasteiger partial charge in [0.15, 0.2) is 6.10 Å². The molecule has 0 saturated heterocycles. The van der Waals surface area contributed by atoms with Crippen LogP contribution in [0.3, 0.4) is 0 Å². The maximum absolute atomic E-state index is 11.7. The van der Waals surface area contributed by atoms with E-state index in [9.17, 15) is 13.2 Å². The molecule has 3 N–H and O–H groups in total. The van der Waals surface area contributed by atoms with Gasteiger partial charge in [-0.15, -0.1) is 11.3 Å². The average Bonchev–Trinajstić information content (AvgIpc) is 2.58. The Labute approximate surface area is 117 Å². The van der Waals surface area contributed by atoms with Crippen molar-refractivity contribution in [1.82, 2.24) is 4.72 Å². The van der Waals surface area contributed by atoms with Gasteiger partial charge in [0.2, 0.25) is 10.0 Å². The van der Waals surface area contributed by atoms with Crippen LogP contribution in [0.4, 0.5) is 0 Å². The molecular weight excluding hydrogens is 325 g/mol. The zero-order valence-corrected chi connectivity index (χ0v) is 11.9. The normalized spacial score (nSPS) is 13.5. The summed E-state index contributed by atoms with van der Waals surface area (Å²) in [4.78, 5) is 10.2. The van der Waals surface area contributed by atoms with Gasteiger partial charge < -0.3 is 10.2 Å². The van der Waals surface area contributed by atoms with E-state index in [1.54, 1.807) is 0 Å². The van der Waals surface area contributed by atoms with Crippen molar-refractivity contribution in [1.29, 1.82) is 0 Å². The number of nitrogens with one attached hydrogen (secondary N) is 1. The van der Waals surface area contributed by atoms with Crippen molar-refractivity contribution in [2.45, 2.75) is 17.4 Å². The van der Waals surface area contributed by atoms with Crippen molar-refractivity contribution >= 4 is 50.5 Å². The molecule has 0 fully saturated rings. The van der Waals surface area contributed by atoms with Gasteiger partial charge in [-0.05, 0) is 12.5 Å². The molecule has 1 aromatic heterocycles. The lowest BCUT2D eigenvalue weighted by Crippen LogP contribution is -2.30. The summed E-state index contributed by atoms with van der Waals surface area (Å²) in [6, 6.07) is 1.20. The smallest absolute Gasteiger partial charge is 0.332 e. The molecule has 0 aliphatic carbocycles. The Balaban J connectivity index is 2.66. The third-order valence-corrected chi connectivity index (χ3v) is 5.12. The lowest BCUT2D eigenvalue weighted by atomic mass is 10.3. The van der Waals surface area contributed by atoms with Crippen LogP contribution in [0.2, 0.25) is 8.67 Å². The quantitative estimate of drug-likeness (QED) is 0.724. The third kappa shape index (κ3) is 4.08. The van der Waals surface area contributed by atoms with Gasteiger partial charge in [0, 0.05) is 6.54 Å². The molecule has 0 spiro atoms. The van der Waals surface area contributed by atoms with Crippen LogP contribution in [-0.2, 0) is 14.8 Å². The third-order valence-electron chi connectivity index (χ3n) is 1.91. The highest BCUT2D eigenvalue weighted by molar-refractivity contribution is 7.89. The number of rotatable bonds is 6. The van der Waals surface area contributed by atoms with E-state index in [1.165, 1.54) is 6.07 Å². The summed E-state index contributed by atoms with van der Waals surface area (Å²) in [7, 11) is -3.85. The first-order chi connectivity index (χ1) is 8.24. The number of aliphatic carboxylic acids is 1. The van der Waals surface area contributed by atoms with E-state index in [2.05, 4.69) is 4.72 Å². The molecule has 6 nitrogen and oxygen atoms in total. The van der Waals surface area contributed by atoms with Crippen LogP contribution in [0.25, 0.3) is 0 Å². The number of aliphatic hydroxyl groups excluding tert-OH is 1. The molecule has 0 amide bonds. The first-order valence-corrected chi connectivity index (χ1v) is 7.65. The lowest BCUT2D eigenvalue weighted by molar-refractivity contribution is -0.146. The number of sulfonamides is 1. The molecule has 0 aromatic carbocycles. The summed E-state index contributed by atoms with van der Waals surface area (Å²) >= 11 is 12.2. The second-order valence-electron chi connectivity index (χ2n) is 3.23. The molecule has 102 valence electrons. The fourth-order valence-corrected chi connectivity index (χ4v) is 4.23. The molecule has 18 heavy (non-hydrogen) atoms. The maximum atomic E-state index is 11.7. The van der Waals surface area contributed by atoms with Crippen LogP contribution in [0.15, 0.2) is 11.0 Å². The van der Waals surface area contributed by atoms with E-state index < -0.39 is 22.1 Å². The standard InChI is InChI=1S/C8H9Cl2NO5S2/c9-6-3-5(7(10)17-6)18(15,16)11-2-1-4(12)8(13)14/h3-4,11-12H,1-2H2,(H,13,14)/t4-/m0/s1. The molecule has 0 unspecified atom stereocenters. The molecule has 1 aromatic rings. The number of carboxylic acid groups (broad SMARTS) is 1. The van der Waals surface area contributed by atoms with Crippen molar-refractivity contribution in [2.75, 3.05) is 6.54 Å². The van der Waals surface area contributed by atoms with Crippen molar-refractivity contribution < 1.29 is 23.4 Å². The zero-order valence-electron chi connectivity index (χ0n) is 8.76. The minimum atomic E-state index is -3.85. The zero-order chi connectivity index (χ0) is 13.9. The summed E-state index contributed by atoms with van der Waals surface area (Å²) in [6.45, 7) is -0.223. The minimum absolute atomic E-state index is 0.0197. The Morgan fingerprint density at radius 3 is 2.56 bits per heavy atom. The molecule has 0 saturated carbocycles. The predicted molar refractivity (Wildman–Crippen MR) is 67.8 cm³/mol. The van der Waals surface area contributed by atoms with Gasteiger partial charge in [0.05, 0.1) is 4.34 Å². The second-order valence-corrected chi connectivity index (χ2v) is 7.25. The highest BCUT2D eigenvalue weighted by Crippen LogP contribution is 2.33. The van der Waals surface area contributed by atoms with Gasteiger partial charge in [-0.3, -0.25) is 0 Å². The molecule has 10 heteroatoms. The number of thiophene rings is 1. The van der Waals surface area contributed by atoms with Crippen molar-refractivity contribution in [3.8, 4) is 0 Å². The highest BCUT2D eigenvalue weighted by Gasteiger charge is 2.21. The van der Waals surface area contributed by atoms with Crippen molar-refractivity contribution in [3.05, 3.63) is 14.7 Å². The van der Waals surface area contributed by atoms with Gasteiger partial charge in [0.1, 0.15) is 9.23 Å². The van der Waals surface area contributed by atoms with Crippen LogP contribution in [0, 0.1) is 0 Å². The van der Waals surface area contributed by atoms with Crippen molar-refractivity contribution in [2.24, 2.45) is 0 Å². The van der Waals surface area contributed by atoms with E-state index in [0.717, 1.165) is 11.3 Å². The molecule has 1 heterocycles. The van der Waals surface area contributed by atoms with Gasteiger partial charge in [-0.25, -0.2) is 17.9 Å². The van der Waals surface area contributed by atoms with Crippen LogP contribution in [-0.4, -0.2) is 37.2 Å². The molecule has 0 aliphatic heterocycles. The van der Waals surface area contributed by atoms with E-state index >= 15 is 0 Å². The molecule has 0 aliphatic rings. The monoisotopic (exact) mass is 333 g/mol. The van der Waals surface area contributed by atoms with Gasteiger partial charge in [0.25, 0.3) is 0 Å². The fraction of sp³-hybridized carbons (Fsp3) is 0.375. The summed E-state index contributed by atoms with van der Waals surface area (Å²) in [5.41, 5.74) is 0. The number of halogens is 2. The van der Waals surface area contributed by atoms with Crippen LogP contribution in [0.5, 0.6) is 0 Å². The van der Waals surface area contributed by atoms with E-state index in [4.69, 9.17) is 33.4 Å². The van der Waals surface area contributed by atoms with Gasteiger partial charge >= 0.3 is 5.97 Å². The summed E-state index contributed by atoms with van der Waals surface area (Å²) in [5, 5.41) is 17.4. The van der Waals surface area contributed by atoms with Gasteiger partial charge in [-0.1, -0.05) is 23.2 Å². The highest BCUT2D eigenvalue weighted by atomic mass is 35.5. The van der Waals surface area contributed by atoms with Crippen molar-refractivity contribution in [3.63, 3.8) is 0 Å². The summed E-state index contributed by atoms with van der Waals surface area (Å²) in [6.07, 6.45) is -1.86. The number of hydrogen-bond donors (Lipinski definition) is 3. The topological polar surface area (TPSA) is 104 Å². The first-order valence-electron chi connectivity index (χ1n) is 4.59. The molecular formula is C8H9Cl2NO5S2. The first kappa shape index (κ1) is 15.7. The minimum Gasteiger partial charge on any atom is -0.479 e. The summed E-state index contributed by atoms with van der Waals surface area (Å²) in [5.74, 6) is -1.41. The maximum Gasteiger partial charge on any atom is 0.332 e. The average molecular weight is 334 g/mol. The Hall–Kier alpha value is -0.380. The fourth-order valence-electron chi connectivity index (χ4n) is 1.04. The Kier molecular flexibility index (Phi) is 5.38. The largest absolute Gasteiger partial charge is 0.479 e. The number of hydrogen-bond acceptors (Lipinski definition) is 5. The van der Waals surface area contributed by atoms with Gasteiger partial charge in [-0.2, -0.15) is 0 Å². The molecule has 1 atom stereocenters. The molecule has 0 radical (unpaired) electrons. The second kappa shape index (κ2) is 6.18.